The number of methoxy groups -OCH3 is 2. The second-order valence-corrected chi connectivity index (χ2v) is 3.84. The quantitative estimate of drug-likeness (QED) is 0.621. The number of benzene rings is 1. The predicted molar refractivity (Wildman–Crippen MR) is 63.5 cm³/mol. The number of hydrogen-bond donors (Lipinski definition) is 2. The molecule has 98 valence electrons. The van der Waals surface area contributed by atoms with Gasteiger partial charge in [-0.2, -0.15) is 0 Å². The molecule has 0 fully saturated rings. The molecular formula is C10H11NO6S. The number of ether oxygens (including phenoxy) is 2. The number of hydrogen-bond acceptors (Lipinski definition) is 5. The van der Waals surface area contributed by atoms with Gasteiger partial charge in [-0.15, -0.1) is 0 Å². The topological polar surface area (TPSA) is 102 Å². The molecule has 1 aromatic carbocycles. The molecule has 0 saturated carbocycles. The van der Waals surface area contributed by atoms with Crippen molar-refractivity contribution in [2.24, 2.45) is 0 Å². The molecule has 0 aliphatic rings. The first-order chi connectivity index (χ1) is 8.47. The van der Waals surface area contributed by atoms with Crippen LogP contribution in [0.1, 0.15) is 20.7 Å². The van der Waals surface area contributed by atoms with E-state index in [1.54, 1.807) is 0 Å². The number of rotatable bonds is 4. The molecule has 0 saturated heterocycles. The van der Waals surface area contributed by atoms with Crippen molar-refractivity contribution in [2.45, 2.75) is 0 Å². The minimum Gasteiger partial charge on any atom is -0.465 e. The molecule has 7 nitrogen and oxygen atoms in total. The summed E-state index contributed by atoms with van der Waals surface area (Å²) in [7, 11) is 2.37. The fraction of sp³-hybridized carbons (Fsp3) is 0.200. The minimum absolute atomic E-state index is 0.0633. The monoisotopic (exact) mass is 273 g/mol. The third-order valence-electron chi connectivity index (χ3n) is 1.98. The lowest BCUT2D eigenvalue weighted by Gasteiger charge is -2.07. The molecule has 0 aliphatic heterocycles. The summed E-state index contributed by atoms with van der Waals surface area (Å²) >= 11 is -2.32. The Morgan fingerprint density at radius 3 is 1.89 bits per heavy atom. The lowest BCUT2D eigenvalue weighted by atomic mass is 10.1. The van der Waals surface area contributed by atoms with Crippen molar-refractivity contribution in [3.63, 3.8) is 0 Å². The van der Waals surface area contributed by atoms with E-state index in [9.17, 15) is 13.8 Å². The lowest BCUT2D eigenvalue weighted by Crippen LogP contribution is -2.09. The first kappa shape index (κ1) is 14.1. The van der Waals surface area contributed by atoms with Crippen LogP contribution >= 0.6 is 0 Å². The van der Waals surface area contributed by atoms with E-state index in [4.69, 9.17) is 4.55 Å². The van der Waals surface area contributed by atoms with E-state index in [1.807, 2.05) is 0 Å². The van der Waals surface area contributed by atoms with Gasteiger partial charge in [0.25, 0.3) is 11.3 Å². The number of anilines is 1. The highest BCUT2D eigenvalue weighted by Gasteiger charge is 2.14. The van der Waals surface area contributed by atoms with E-state index in [-0.39, 0.29) is 16.8 Å². The summed E-state index contributed by atoms with van der Waals surface area (Å²) in [6.07, 6.45) is 0. The van der Waals surface area contributed by atoms with Gasteiger partial charge < -0.3 is 9.47 Å². The zero-order chi connectivity index (χ0) is 13.7. The number of esters is 2. The van der Waals surface area contributed by atoms with Crippen LogP contribution in [-0.4, -0.2) is 34.9 Å². The Hall–Kier alpha value is -1.93. The van der Waals surface area contributed by atoms with Gasteiger partial charge in [0.15, 0.2) is 0 Å². The molecule has 18 heavy (non-hydrogen) atoms. The van der Waals surface area contributed by atoms with Crippen LogP contribution in [0.3, 0.4) is 0 Å². The van der Waals surface area contributed by atoms with Crippen LogP contribution in [0, 0.1) is 0 Å². The van der Waals surface area contributed by atoms with E-state index in [1.165, 1.54) is 32.4 Å². The van der Waals surface area contributed by atoms with E-state index in [0.717, 1.165) is 0 Å². The Morgan fingerprint density at radius 2 is 1.56 bits per heavy atom. The zero-order valence-electron chi connectivity index (χ0n) is 9.63. The summed E-state index contributed by atoms with van der Waals surface area (Å²) in [5.74, 6) is -1.35. The van der Waals surface area contributed by atoms with Crippen LogP contribution in [-0.2, 0) is 20.7 Å². The van der Waals surface area contributed by atoms with Gasteiger partial charge in [0, 0.05) is 0 Å². The maximum absolute atomic E-state index is 11.4. The molecule has 0 bridgehead atoms. The lowest BCUT2D eigenvalue weighted by molar-refractivity contribution is 0.0599. The fourth-order valence-electron chi connectivity index (χ4n) is 1.26. The molecule has 0 spiro atoms. The third kappa shape index (κ3) is 3.54. The maximum Gasteiger partial charge on any atom is 0.337 e. The highest BCUT2D eigenvalue weighted by molar-refractivity contribution is 7.80. The average Bonchev–Trinajstić information content (AvgIpc) is 2.35. The first-order valence-electron chi connectivity index (χ1n) is 4.67. The SMILES string of the molecule is COC(=O)c1cc(NS(=O)O)cc(C(=O)OC)c1. The van der Waals surface area contributed by atoms with Crippen LogP contribution in [0.5, 0.6) is 0 Å². The predicted octanol–water partition coefficient (Wildman–Crippen LogP) is 0.808. The number of carbonyl (C=O) groups is 2. The molecule has 0 radical (unpaired) electrons. The average molecular weight is 273 g/mol. The Bertz CT molecular complexity index is 467. The molecular weight excluding hydrogens is 262 g/mol. The highest BCUT2D eigenvalue weighted by Crippen LogP contribution is 2.17. The molecule has 0 amide bonds. The Morgan fingerprint density at radius 1 is 1.11 bits per heavy atom. The van der Waals surface area contributed by atoms with Gasteiger partial charge in [0.1, 0.15) is 0 Å². The molecule has 2 N–H and O–H groups in total. The molecule has 1 unspecified atom stereocenters. The van der Waals surface area contributed by atoms with Crippen LogP contribution in [0.15, 0.2) is 18.2 Å². The van der Waals surface area contributed by atoms with Gasteiger partial charge >= 0.3 is 11.9 Å². The third-order valence-corrected chi connectivity index (χ3v) is 2.39. The summed E-state index contributed by atoms with van der Waals surface area (Å²) in [4.78, 5) is 22.7. The van der Waals surface area contributed by atoms with E-state index < -0.39 is 23.2 Å². The summed E-state index contributed by atoms with van der Waals surface area (Å²) in [6, 6.07) is 3.84. The largest absolute Gasteiger partial charge is 0.465 e. The molecule has 1 aromatic rings. The molecule has 0 heterocycles. The highest BCUT2D eigenvalue weighted by atomic mass is 32.2. The number of carbonyl (C=O) groups excluding carboxylic acids is 2. The van der Waals surface area contributed by atoms with Crippen molar-refractivity contribution in [3.05, 3.63) is 29.3 Å². The van der Waals surface area contributed by atoms with Crippen molar-refractivity contribution in [2.75, 3.05) is 18.9 Å². The Balaban J connectivity index is 3.23. The van der Waals surface area contributed by atoms with Crippen molar-refractivity contribution < 1.29 is 27.8 Å². The van der Waals surface area contributed by atoms with E-state index in [2.05, 4.69) is 14.2 Å². The van der Waals surface area contributed by atoms with Gasteiger partial charge in [-0.05, 0) is 18.2 Å². The Kier molecular flexibility index (Phi) is 4.81. The Labute approximate surface area is 106 Å². The number of nitrogens with one attached hydrogen (secondary N) is 1. The van der Waals surface area contributed by atoms with Crippen LogP contribution in [0.2, 0.25) is 0 Å². The van der Waals surface area contributed by atoms with Gasteiger partial charge in [-0.25, -0.2) is 13.8 Å². The minimum atomic E-state index is -2.32. The fourth-order valence-corrected chi connectivity index (χ4v) is 1.58. The van der Waals surface area contributed by atoms with Crippen molar-refractivity contribution in [1.82, 2.24) is 0 Å². The van der Waals surface area contributed by atoms with Crippen LogP contribution in [0.25, 0.3) is 0 Å². The molecule has 1 atom stereocenters. The zero-order valence-corrected chi connectivity index (χ0v) is 10.4. The van der Waals surface area contributed by atoms with Crippen molar-refractivity contribution in [3.8, 4) is 0 Å². The summed E-state index contributed by atoms with van der Waals surface area (Å²) in [5, 5.41) is 0. The van der Waals surface area contributed by atoms with Crippen molar-refractivity contribution >= 4 is 28.9 Å². The molecule has 0 aromatic heterocycles. The standard InChI is InChI=1S/C10H11NO6S/c1-16-9(12)6-3-7(10(13)17-2)5-8(4-6)11-18(14)15/h3-5,11H,1-2H3,(H,14,15). The summed E-state index contributed by atoms with van der Waals surface area (Å²) in [6.45, 7) is 0. The van der Waals surface area contributed by atoms with Crippen LogP contribution < -0.4 is 4.72 Å². The van der Waals surface area contributed by atoms with Crippen molar-refractivity contribution in [1.29, 1.82) is 0 Å². The van der Waals surface area contributed by atoms with Gasteiger partial charge in [-0.3, -0.25) is 9.27 Å². The molecule has 0 aliphatic carbocycles. The van der Waals surface area contributed by atoms with Gasteiger partial charge in [0.2, 0.25) is 0 Å². The second-order valence-electron chi connectivity index (χ2n) is 3.13. The second kappa shape index (κ2) is 6.12. The normalized spacial score (nSPS) is 11.5. The summed E-state index contributed by atoms with van der Waals surface area (Å²) in [5.41, 5.74) is 0.251. The maximum atomic E-state index is 11.4. The molecule has 1 rings (SSSR count). The summed E-state index contributed by atoms with van der Waals surface area (Å²) < 4.78 is 30.5. The van der Waals surface area contributed by atoms with Gasteiger partial charge in [0.05, 0.1) is 31.0 Å². The first-order valence-corrected chi connectivity index (χ1v) is 5.78. The smallest absolute Gasteiger partial charge is 0.337 e. The van der Waals surface area contributed by atoms with Crippen LogP contribution in [0.4, 0.5) is 5.69 Å². The van der Waals surface area contributed by atoms with E-state index in [0.29, 0.717) is 0 Å². The van der Waals surface area contributed by atoms with E-state index >= 15 is 0 Å². The molecule has 8 heteroatoms. The van der Waals surface area contributed by atoms with Gasteiger partial charge in [-0.1, -0.05) is 0 Å².